The summed E-state index contributed by atoms with van der Waals surface area (Å²) in [5.41, 5.74) is 2.85. The van der Waals surface area contributed by atoms with Gasteiger partial charge in [0.05, 0.1) is 18.7 Å². The fourth-order valence-electron chi connectivity index (χ4n) is 3.90. The molecule has 0 saturated carbocycles. The van der Waals surface area contributed by atoms with Gasteiger partial charge in [0, 0.05) is 12.1 Å². The maximum absolute atomic E-state index is 13.1. The first-order chi connectivity index (χ1) is 15.4. The molecule has 0 aliphatic carbocycles. The van der Waals surface area contributed by atoms with Gasteiger partial charge in [-0.25, -0.2) is 0 Å². The Kier molecular flexibility index (Phi) is 5.69. The molecule has 2 N–H and O–H groups in total. The highest BCUT2D eigenvalue weighted by Crippen LogP contribution is 2.42. The third-order valence-corrected chi connectivity index (χ3v) is 5.58. The van der Waals surface area contributed by atoms with Crippen molar-refractivity contribution in [2.75, 3.05) is 7.11 Å². The number of amides is 1. The number of likely N-dealkylation sites (tertiary alicyclic amines) is 1. The lowest BCUT2D eigenvalue weighted by Gasteiger charge is -2.26. The number of hydrogen-bond acceptors (Lipinski definition) is 5. The maximum Gasteiger partial charge on any atom is 0.295 e. The molecular formula is C26H23NO5. The molecular weight excluding hydrogens is 406 g/mol. The Morgan fingerprint density at radius 3 is 2.34 bits per heavy atom. The quantitative estimate of drug-likeness (QED) is 0.358. The van der Waals surface area contributed by atoms with Gasteiger partial charge in [0.2, 0.25) is 0 Å². The summed E-state index contributed by atoms with van der Waals surface area (Å²) in [6.45, 7) is 2.11. The molecule has 32 heavy (non-hydrogen) atoms. The molecule has 0 radical (unpaired) electrons. The van der Waals surface area contributed by atoms with E-state index >= 15 is 0 Å². The van der Waals surface area contributed by atoms with Crippen LogP contribution in [0.25, 0.3) is 5.76 Å². The monoisotopic (exact) mass is 429 g/mol. The number of rotatable bonds is 5. The van der Waals surface area contributed by atoms with Gasteiger partial charge in [-0.05, 0) is 30.2 Å². The number of aryl methyl sites for hydroxylation is 1. The first-order valence-electron chi connectivity index (χ1n) is 10.2. The molecule has 0 bridgehead atoms. The summed E-state index contributed by atoms with van der Waals surface area (Å²) in [7, 11) is 1.42. The number of hydrogen-bond donors (Lipinski definition) is 2. The third-order valence-electron chi connectivity index (χ3n) is 5.58. The zero-order valence-electron chi connectivity index (χ0n) is 17.8. The smallest absolute Gasteiger partial charge is 0.295 e. The number of ketones is 1. The molecule has 4 rings (SSSR count). The van der Waals surface area contributed by atoms with Crippen LogP contribution in [0.3, 0.4) is 0 Å². The van der Waals surface area contributed by atoms with Crippen molar-refractivity contribution in [2.24, 2.45) is 0 Å². The molecule has 1 fully saturated rings. The van der Waals surface area contributed by atoms with E-state index in [0.29, 0.717) is 11.1 Å². The molecule has 1 amide bonds. The molecule has 1 aliphatic rings. The van der Waals surface area contributed by atoms with Crippen molar-refractivity contribution < 1.29 is 24.5 Å². The number of carbonyl (C=O) groups is 2. The Morgan fingerprint density at radius 2 is 1.69 bits per heavy atom. The van der Waals surface area contributed by atoms with Gasteiger partial charge in [0.1, 0.15) is 5.76 Å². The summed E-state index contributed by atoms with van der Waals surface area (Å²) in [6.07, 6.45) is 0. The second kappa shape index (κ2) is 8.59. The van der Waals surface area contributed by atoms with Gasteiger partial charge in [-0.3, -0.25) is 9.59 Å². The Labute approximate surface area is 186 Å². The van der Waals surface area contributed by atoms with Gasteiger partial charge >= 0.3 is 0 Å². The Hall–Kier alpha value is -4.06. The molecule has 162 valence electrons. The van der Waals surface area contributed by atoms with Crippen LogP contribution in [0.1, 0.15) is 28.3 Å². The predicted molar refractivity (Wildman–Crippen MR) is 120 cm³/mol. The molecule has 3 aromatic rings. The van der Waals surface area contributed by atoms with Crippen molar-refractivity contribution in [3.05, 3.63) is 101 Å². The Balaban J connectivity index is 1.89. The van der Waals surface area contributed by atoms with Crippen LogP contribution >= 0.6 is 0 Å². The average Bonchev–Trinajstić information content (AvgIpc) is 3.05. The van der Waals surface area contributed by atoms with Crippen LogP contribution < -0.4 is 4.74 Å². The van der Waals surface area contributed by atoms with Gasteiger partial charge in [0.15, 0.2) is 11.5 Å². The van der Waals surface area contributed by atoms with Crippen LogP contribution in [0.15, 0.2) is 78.4 Å². The lowest BCUT2D eigenvalue weighted by Crippen LogP contribution is -2.29. The number of ether oxygens (including phenoxy) is 1. The number of aromatic hydroxyl groups is 1. The molecule has 0 aromatic heterocycles. The topological polar surface area (TPSA) is 87.1 Å². The zero-order chi connectivity index (χ0) is 22.8. The van der Waals surface area contributed by atoms with E-state index in [2.05, 4.69) is 0 Å². The van der Waals surface area contributed by atoms with E-state index in [1.807, 2.05) is 49.4 Å². The molecule has 3 aromatic carbocycles. The maximum atomic E-state index is 13.1. The normalized spacial score (nSPS) is 17.6. The number of methoxy groups -OCH3 is 1. The predicted octanol–water partition coefficient (Wildman–Crippen LogP) is 4.33. The summed E-state index contributed by atoms with van der Waals surface area (Å²) in [5, 5.41) is 21.1. The van der Waals surface area contributed by atoms with Crippen LogP contribution in [0, 0.1) is 6.92 Å². The number of nitrogens with zero attached hydrogens (tertiary/aromatic N) is 1. The first-order valence-corrected chi connectivity index (χ1v) is 10.2. The minimum absolute atomic E-state index is 0.00234. The highest BCUT2D eigenvalue weighted by molar-refractivity contribution is 6.46. The first kappa shape index (κ1) is 21.2. The van der Waals surface area contributed by atoms with Crippen LogP contribution in [-0.4, -0.2) is 33.9 Å². The highest BCUT2D eigenvalue weighted by atomic mass is 16.5. The number of phenolic OH excluding ortho intramolecular Hbond substituents is 1. The zero-order valence-corrected chi connectivity index (χ0v) is 17.8. The van der Waals surface area contributed by atoms with E-state index in [-0.39, 0.29) is 29.4 Å². The SMILES string of the molecule is COc1cc(C2/C(=C(\O)c3ccc(C)cc3)C(=O)C(=O)N2Cc2ccccc2)ccc1O. The number of benzene rings is 3. The summed E-state index contributed by atoms with van der Waals surface area (Å²) >= 11 is 0. The van der Waals surface area contributed by atoms with Crippen LogP contribution in [0.5, 0.6) is 11.5 Å². The van der Waals surface area contributed by atoms with E-state index < -0.39 is 17.7 Å². The van der Waals surface area contributed by atoms with Crippen molar-refractivity contribution in [1.82, 2.24) is 4.90 Å². The minimum Gasteiger partial charge on any atom is -0.507 e. The van der Waals surface area contributed by atoms with Crippen LogP contribution in [-0.2, 0) is 16.1 Å². The van der Waals surface area contributed by atoms with Gasteiger partial charge in [0.25, 0.3) is 11.7 Å². The summed E-state index contributed by atoms with van der Waals surface area (Å²) in [4.78, 5) is 27.6. The second-order valence-corrected chi connectivity index (χ2v) is 7.71. The molecule has 6 heteroatoms. The van der Waals surface area contributed by atoms with E-state index in [1.165, 1.54) is 18.1 Å². The van der Waals surface area contributed by atoms with Crippen LogP contribution in [0.4, 0.5) is 0 Å². The highest BCUT2D eigenvalue weighted by Gasteiger charge is 2.46. The Morgan fingerprint density at radius 1 is 1.00 bits per heavy atom. The van der Waals surface area contributed by atoms with E-state index in [1.54, 1.807) is 24.3 Å². The fourth-order valence-corrected chi connectivity index (χ4v) is 3.90. The largest absolute Gasteiger partial charge is 0.507 e. The summed E-state index contributed by atoms with van der Waals surface area (Å²) < 4.78 is 5.23. The number of aliphatic hydroxyl groups excluding tert-OH is 1. The summed E-state index contributed by atoms with van der Waals surface area (Å²) in [5.74, 6) is -1.54. The summed E-state index contributed by atoms with van der Waals surface area (Å²) in [6, 6.07) is 20.2. The second-order valence-electron chi connectivity index (χ2n) is 7.71. The minimum atomic E-state index is -0.842. The van der Waals surface area contributed by atoms with E-state index in [4.69, 9.17) is 4.74 Å². The lowest BCUT2D eigenvalue weighted by molar-refractivity contribution is -0.140. The van der Waals surface area contributed by atoms with Gasteiger partial charge in [-0.1, -0.05) is 66.2 Å². The molecule has 1 atom stereocenters. The molecule has 0 spiro atoms. The standard InChI is InChI=1S/C26H23NO5/c1-16-8-10-18(11-9-16)24(29)22-23(19-12-13-20(28)21(14-19)32-2)27(26(31)25(22)30)15-17-6-4-3-5-7-17/h3-14,23,28-29H,15H2,1-2H3/b24-22+. The van der Waals surface area contributed by atoms with Crippen molar-refractivity contribution in [2.45, 2.75) is 19.5 Å². The fraction of sp³-hybridized carbons (Fsp3) is 0.154. The number of Topliss-reactive ketones (excluding diaryl/α,β-unsaturated/α-hetero) is 1. The molecule has 1 aliphatic heterocycles. The van der Waals surface area contributed by atoms with Crippen molar-refractivity contribution in [3.63, 3.8) is 0 Å². The van der Waals surface area contributed by atoms with E-state index in [0.717, 1.165) is 11.1 Å². The van der Waals surface area contributed by atoms with Crippen LogP contribution in [0.2, 0.25) is 0 Å². The van der Waals surface area contributed by atoms with Crippen molar-refractivity contribution in [1.29, 1.82) is 0 Å². The molecule has 1 saturated heterocycles. The average molecular weight is 429 g/mol. The van der Waals surface area contributed by atoms with Gasteiger partial charge < -0.3 is 19.8 Å². The van der Waals surface area contributed by atoms with Gasteiger partial charge in [-0.2, -0.15) is 0 Å². The van der Waals surface area contributed by atoms with Crippen molar-refractivity contribution >= 4 is 17.4 Å². The number of phenols is 1. The Bertz CT molecular complexity index is 1200. The molecule has 1 unspecified atom stereocenters. The third kappa shape index (κ3) is 3.83. The molecule has 1 heterocycles. The number of carbonyl (C=O) groups excluding carboxylic acids is 2. The van der Waals surface area contributed by atoms with E-state index in [9.17, 15) is 19.8 Å². The van der Waals surface area contributed by atoms with Gasteiger partial charge in [-0.15, -0.1) is 0 Å². The molecule has 6 nitrogen and oxygen atoms in total. The lowest BCUT2D eigenvalue weighted by atomic mass is 9.94. The van der Waals surface area contributed by atoms with Crippen molar-refractivity contribution in [3.8, 4) is 11.5 Å². The number of aliphatic hydroxyl groups is 1.